The lowest BCUT2D eigenvalue weighted by molar-refractivity contribution is -0.131. The van der Waals surface area contributed by atoms with Crippen molar-refractivity contribution in [2.45, 2.75) is 19.4 Å². The lowest BCUT2D eigenvalue weighted by Crippen LogP contribution is -2.49. The van der Waals surface area contributed by atoms with E-state index in [-0.39, 0.29) is 28.5 Å². The molecular weight excluding hydrogens is 459 g/mol. The van der Waals surface area contributed by atoms with Gasteiger partial charge in [0.25, 0.3) is 5.56 Å². The molecule has 10 heteroatoms. The summed E-state index contributed by atoms with van der Waals surface area (Å²) in [6, 6.07) is 11.3. The van der Waals surface area contributed by atoms with Crippen LogP contribution >= 0.6 is 12.2 Å². The molecule has 2 aromatic carbocycles. The van der Waals surface area contributed by atoms with Gasteiger partial charge in [-0.05, 0) is 49.0 Å². The second-order valence-corrected chi connectivity index (χ2v) is 8.45. The number of amides is 1. The Hall–Kier alpha value is -3.53. The van der Waals surface area contributed by atoms with E-state index in [1.165, 1.54) is 29.9 Å². The number of nitrogens with one attached hydrogen (secondary N) is 1. The molecule has 1 aliphatic heterocycles. The van der Waals surface area contributed by atoms with E-state index >= 15 is 0 Å². The van der Waals surface area contributed by atoms with Gasteiger partial charge in [0, 0.05) is 39.1 Å². The predicted octanol–water partition coefficient (Wildman–Crippen LogP) is 3.11. The standard InChI is InChI=1S/C24H25FN4O4S/c1-33-23(32)16-8-9-17-19(15-16)26-24(34)29(22(17)31)10-4-7-21(30)28-13-11-27(12-14-28)20-6-3-2-5-18(20)25/h2-3,5-6,8-9,15H,4,7,10-14H2,1H3,(H,26,34). The number of halogens is 1. The number of nitrogens with zero attached hydrogens (tertiary/aromatic N) is 3. The topological polar surface area (TPSA) is 87.6 Å². The predicted molar refractivity (Wildman–Crippen MR) is 129 cm³/mol. The molecule has 4 rings (SSSR count). The van der Waals surface area contributed by atoms with E-state index in [1.54, 1.807) is 29.2 Å². The molecule has 0 unspecified atom stereocenters. The highest BCUT2D eigenvalue weighted by molar-refractivity contribution is 7.71. The summed E-state index contributed by atoms with van der Waals surface area (Å²) < 4.78 is 20.4. The Morgan fingerprint density at radius 3 is 2.56 bits per heavy atom. The zero-order valence-electron chi connectivity index (χ0n) is 18.8. The first-order valence-electron chi connectivity index (χ1n) is 11.0. The van der Waals surface area contributed by atoms with Crippen molar-refractivity contribution in [2.24, 2.45) is 0 Å². The number of fused-ring (bicyclic) bond motifs is 1. The second-order valence-electron chi connectivity index (χ2n) is 8.06. The van der Waals surface area contributed by atoms with E-state index in [1.807, 2.05) is 4.90 Å². The first kappa shape index (κ1) is 23.6. The van der Waals surface area contributed by atoms with Crippen molar-refractivity contribution >= 4 is 40.7 Å². The summed E-state index contributed by atoms with van der Waals surface area (Å²) in [6.07, 6.45) is 0.732. The van der Waals surface area contributed by atoms with Gasteiger partial charge in [0.15, 0.2) is 4.77 Å². The van der Waals surface area contributed by atoms with E-state index in [0.717, 1.165) is 0 Å². The first-order chi connectivity index (χ1) is 16.4. The maximum Gasteiger partial charge on any atom is 0.337 e. The van der Waals surface area contributed by atoms with Crippen molar-refractivity contribution in [3.8, 4) is 0 Å². The molecule has 3 aromatic rings. The van der Waals surface area contributed by atoms with Crippen LogP contribution < -0.4 is 10.5 Å². The number of carbonyl (C=O) groups is 2. The fourth-order valence-electron chi connectivity index (χ4n) is 4.15. The average Bonchev–Trinajstić information content (AvgIpc) is 2.85. The Bertz CT molecular complexity index is 1340. The molecule has 1 fully saturated rings. The Morgan fingerprint density at radius 1 is 1.12 bits per heavy atom. The fraction of sp³-hybridized carbons (Fsp3) is 0.333. The van der Waals surface area contributed by atoms with Gasteiger partial charge in [-0.1, -0.05) is 12.1 Å². The van der Waals surface area contributed by atoms with Gasteiger partial charge in [-0.2, -0.15) is 0 Å². The number of H-pyrrole nitrogens is 1. The van der Waals surface area contributed by atoms with E-state index < -0.39 is 5.97 Å². The monoisotopic (exact) mass is 484 g/mol. The van der Waals surface area contributed by atoms with Crippen molar-refractivity contribution < 1.29 is 18.7 Å². The quantitative estimate of drug-likeness (QED) is 0.427. The van der Waals surface area contributed by atoms with Crippen LogP contribution in [0.5, 0.6) is 0 Å². The largest absolute Gasteiger partial charge is 0.465 e. The minimum Gasteiger partial charge on any atom is -0.465 e. The molecule has 0 atom stereocenters. The molecule has 178 valence electrons. The normalized spacial score (nSPS) is 13.8. The number of anilines is 1. The highest BCUT2D eigenvalue weighted by atomic mass is 32.1. The minimum atomic E-state index is -0.501. The maximum atomic E-state index is 14.0. The molecule has 34 heavy (non-hydrogen) atoms. The Labute approximate surface area is 200 Å². The molecule has 0 aliphatic carbocycles. The van der Waals surface area contributed by atoms with Crippen molar-refractivity contribution in [3.63, 3.8) is 0 Å². The zero-order valence-corrected chi connectivity index (χ0v) is 19.6. The number of para-hydroxylation sites is 1. The van der Waals surface area contributed by atoms with Crippen LogP contribution in [0, 0.1) is 10.6 Å². The number of carbonyl (C=O) groups excluding carboxylic acids is 2. The van der Waals surface area contributed by atoms with Gasteiger partial charge in [-0.3, -0.25) is 14.2 Å². The third-order valence-electron chi connectivity index (χ3n) is 6.00. The highest BCUT2D eigenvalue weighted by Gasteiger charge is 2.22. The van der Waals surface area contributed by atoms with Crippen molar-refractivity contribution in [2.75, 3.05) is 38.2 Å². The van der Waals surface area contributed by atoms with Crippen molar-refractivity contribution in [1.29, 1.82) is 0 Å². The molecule has 0 saturated carbocycles. The number of aromatic nitrogens is 2. The van der Waals surface area contributed by atoms with Gasteiger partial charge in [0.1, 0.15) is 5.82 Å². The van der Waals surface area contributed by atoms with Crippen LogP contribution in [-0.4, -0.2) is 59.6 Å². The summed E-state index contributed by atoms with van der Waals surface area (Å²) >= 11 is 5.34. The average molecular weight is 485 g/mol. The Balaban J connectivity index is 1.36. The lowest BCUT2D eigenvalue weighted by Gasteiger charge is -2.36. The molecule has 8 nitrogen and oxygen atoms in total. The van der Waals surface area contributed by atoms with Crippen LogP contribution in [-0.2, 0) is 16.1 Å². The van der Waals surface area contributed by atoms with Crippen LogP contribution in [0.25, 0.3) is 10.9 Å². The SMILES string of the molecule is COC(=O)c1ccc2c(=O)n(CCCC(=O)N3CCN(c4ccccc4F)CC3)c(=S)[nH]c2c1. The Morgan fingerprint density at radius 2 is 1.85 bits per heavy atom. The summed E-state index contributed by atoms with van der Waals surface area (Å²) in [7, 11) is 1.29. The minimum absolute atomic E-state index is 0.000334. The van der Waals surface area contributed by atoms with Crippen LogP contribution in [0.3, 0.4) is 0 Å². The van der Waals surface area contributed by atoms with E-state index in [2.05, 4.69) is 4.98 Å². The molecule has 2 heterocycles. The number of rotatable bonds is 6. The van der Waals surface area contributed by atoms with E-state index in [9.17, 15) is 18.8 Å². The first-order valence-corrected chi connectivity index (χ1v) is 11.4. The number of hydrogen-bond acceptors (Lipinski definition) is 6. The summed E-state index contributed by atoms with van der Waals surface area (Å²) in [5.74, 6) is -0.764. The lowest BCUT2D eigenvalue weighted by atomic mass is 10.1. The zero-order chi connectivity index (χ0) is 24.2. The van der Waals surface area contributed by atoms with Gasteiger partial charge < -0.3 is 19.5 Å². The molecule has 0 radical (unpaired) electrons. The van der Waals surface area contributed by atoms with E-state index in [0.29, 0.717) is 61.3 Å². The summed E-state index contributed by atoms with van der Waals surface area (Å²) in [5, 5.41) is 0.400. The smallest absolute Gasteiger partial charge is 0.337 e. The van der Waals surface area contributed by atoms with Gasteiger partial charge in [0.2, 0.25) is 5.91 Å². The molecule has 1 N–H and O–H groups in total. The van der Waals surface area contributed by atoms with Crippen LogP contribution in [0.15, 0.2) is 47.3 Å². The summed E-state index contributed by atoms with van der Waals surface area (Å²) in [6.45, 7) is 2.46. The molecule has 0 spiro atoms. The van der Waals surface area contributed by atoms with Gasteiger partial charge in [-0.15, -0.1) is 0 Å². The number of hydrogen-bond donors (Lipinski definition) is 1. The molecule has 1 saturated heterocycles. The highest BCUT2D eigenvalue weighted by Crippen LogP contribution is 2.20. The number of aromatic amines is 1. The van der Waals surface area contributed by atoms with Gasteiger partial charge in [-0.25, -0.2) is 9.18 Å². The molecule has 1 amide bonds. The third kappa shape index (κ3) is 4.86. The third-order valence-corrected chi connectivity index (χ3v) is 6.32. The van der Waals surface area contributed by atoms with Gasteiger partial charge in [0.05, 0.1) is 29.3 Å². The molecule has 1 aliphatic rings. The van der Waals surface area contributed by atoms with Crippen LogP contribution in [0.2, 0.25) is 0 Å². The number of ether oxygens (including phenoxy) is 1. The van der Waals surface area contributed by atoms with E-state index in [4.69, 9.17) is 17.0 Å². The van der Waals surface area contributed by atoms with Crippen LogP contribution in [0.1, 0.15) is 23.2 Å². The molecular formula is C24H25FN4O4S. The molecule has 1 aromatic heterocycles. The summed E-state index contributed by atoms with van der Waals surface area (Å²) in [4.78, 5) is 44.0. The van der Waals surface area contributed by atoms with Gasteiger partial charge >= 0.3 is 5.97 Å². The van der Waals surface area contributed by atoms with Crippen molar-refractivity contribution in [3.05, 3.63) is 69.0 Å². The maximum absolute atomic E-state index is 14.0. The van der Waals surface area contributed by atoms with Crippen molar-refractivity contribution in [1.82, 2.24) is 14.5 Å². The second kappa shape index (κ2) is 10.2. The summed E-state index contributed by atoms with van der Waals surface area (Å²) in [5.41, 5.74) is 1.05. The van der Waals surface area contributed by atoms with Crippen LogP contribution in [0.4, 0.5) is 10.1 Å². The Kier molecular flexibility index (Phi) is 7.06. The number of benzene rings is 2. The fourth-order valence-corrected chi connectivity index (χ4v) is 4.44. The number of piperazine rings is 1. The number of esters is 1. The number of methoxy groups -OCH3 is 1. The molecule has 0 bridgehead atoms.